The number of hydrogen-bond donors (Lipinski definition) is 1. The molecule has 106 valence electrons. The van der Waals surface area contributed by atoms with Crippen LogP contribution < -0.4 is 5.32 Å². The molecule has 0 bridgehead atoms. The summed E-state index contributed by atoms with van der Waals surface area (Å²) in [7, 11) is 0. The van der Waals surface area contributed by atoms with Gasteiger partial charge in [-0.05, 0) is 36.8 Å². The van der Waals surface area contributed by atoms with E-state index in [1.165, 1.54) is 0 Å². The number of para-hydroxylation sites is 1. The Hall–Kier alpha value is -2.04. The molecule has 0 saturated carbocycles. The van der Waals surface area contributed by atoms with Crippen LogP contribution in [-0.2, 0) is 0 Å². The van der Waals surface area contributed by atoms with Gasteiger partial charge in [0, 0.05) is 10.7 Å². The van der Waals surface area contributed by atoms with E-state index in [2.05, 4.69) is 15.5 Å². The summed E-state index contributed by atoms with van der Waals surface area (Å²) in [6, 6.07) is 13.2. The summed E-state index contributed by atoms with van der Waals surface area (Å²) in [5, 5.41) is 12.1. The molecule has 3 rings (SSSR count). The SMILES string of the molecule is Cc1ccccc1Nc1nnc(-c2ccc(Cl)cc2Cl)o1. The van der Waals surface area contributed by atoms with Crippen LogP contribution in [0.1, 0.15) is 5.56 Å². The Bertz CT molecular complexity index is 786. The molecular weight excluding hydrogens is 309 g/mol. The van der Waals surface area contributed by atoms with Gasteiger partial charge >= 0.3 is 6.01 Å². The number of halogens is 2. The van der Waals surface area contributed by atoms with E-state index in [9.17, 15) is 0 Å². The third kappa shape index (κ3) is 3.01. The van der Waals surface area contributed by atoms with Gasteiger partial charge in [-0.3, -0.25) is 0 Å². The van der Waals surface area contributed by atoms with Crippen molar-refractivity contribution in [3.8, 4) is 11.5 Å². The number of rotatable bonds is 3. The molecule has 6 heteroatoms. The van der Waals surface area contributed by atoms with Crippen molar-refractivity contribution in [2.24, 2.45) is 0 Å². The average Bonchev–Trinajstić information content (AvgIpc) is 2.90. The van der Waals surface area contributed by atoms with Crippen LogP contribution in [0.4, 0.5) is 11.7 Å². The Kier molecular flexibility index (Phi) is 3.82. The average molecular weight is 320 g/mol. The number of benzene rings is 2. The second-order valence-corrected chi connectivity index (χ2v) is 5.32. The van der Waals surface area contributed by atoms with E-state index in [0.717, 1.165) is 11.3 Å². The Balaban J connectivity index is 1.88. The molecule has 0 unspecified atom stereocenters. The predicted molar refractivity (Wildman–Crippen MR) is 84.2 cm³/mol. The minimum absolute atomic E-state index is 0.310. The highest BCUT2D eigenvalue weighted by atomic mass is 35.5. The summed E-state index contributed by atoms with van der Waals surface area (Å²) in [6.45, 7) is 2.00. The van der Waals surface area contributed by atoms with E-state index < -0.39 is 0 Å². The molecule has 0 radical (unpaired) electrons. The zero-order chi connectivity index (χ0) is 14.8. The summed E-state index contributed by atoms with van der Waals surface area (Å²) < 4.78 is 5.59. The molecule has 0 spiro atoms. The van der Waals surface area contributed by atoms with E-state index in [4.69, 9.17) is 27.6 Å². The van der Waals surface area contributed by atoms with Crippen LogP contribution in [0.3, 0.4) is 0 Å². The normalized spacial score (nSPS) is 10.6. The molecule has 0 saturated heterocycles. The number of aromatic nitrogens is 2. The first-order valence-corrected chi connectivity index (χ1v) is 7.00. The van der Waals surface area contributed by atoms with Gasteiger partial charge in [0.15, 0.2) is 0 Å². The summed E-state index contributed by atoms with van der Waals surface area (Å²) >= 11 is 12.0. The first-order valence-electron chi connectivity index (χ1n) is 6.25. The fourth-order valence-electron chi connectivity index (χ4n) is 1.87. The van der Waals surface area contributed by atoms with Crippen LogP contribution in [0, 0.1) is 6.92 Å². The van der Waals surface area contributed by atoms with Crippen LogP contribution >= 0.6 is 23.2 Å². The zero-order valence-corrected chi connectivity index (χ0v) is 12.6. The molecule has 2 aromatic carbocycles. The standard InChI is InChI=1S/C15H11Cl2N3O/c1-9-4-2-3-5-13(9)18-15-20-19-14(21-15)11-7-6-10(16)8-12(11)17/h2-8H,1H3,(H,18,20). The van der Waals surface area contributed by atoms with Crippen molar-refractivity contribution in [2.45, 2.75) is 6.92 Å². The number of aryl methyl sites for hydroxylation is 1. The molecule has 1 heterocycles. The van der Waals surface area contributed by atoms with Crippen molar-refractivity contribution in [3.05, 3.63) is 58.1 Å². The van der Waals surface area contributed by atoms with E-state index in [-0.39, 0.29) is 0 Å². The summed E-state index contributed by atoms with van der Waals surface area (Å²) in [5.41, 5.74) is 2.64. The lowest BCUT2D eigenvalue weighted by Gasteiger charge is -2.04. The first kappa shape index (κ1) is 13.9. The van der Waals surface area contributed by atoms with Crippen molar-refractivity contribution in [1.82, 2.24) is 10.2 Å². The predicted octanol–water partition coefficient (Wildman–Crippen LogP) is 5.10. The van der Waals surface area contributed by atoms with Crippen molar-refractivity contribution in [1.29, 1.82) is 0 Å². The second kappa shape index (κ2) is 5.76. The minimum Gasteiger partial charge on any atom is -0.403 e. The van der Waals surface area contributed by atoms with Crippen molar-refractivity contribution < 1.29 is 4.42 Å². The molecule has 1 N–H and O–H groups in total. The van der Waals surface area contributed by atoms with Crippen LogP contribution in [0.25, 0.3) is 11.5 Å². The molecule has 4 nitrogen and oxygen atoms in total. The molecule has 1 aromatic heterocycles. The molecule has 0 aliphatic heterocycles. The first-order chi connectivity index (χ1) is 10.1. The lowest BCUT2D eigenvalue weighted by atomic mass is 10.2. The van der Waals surface area contributed by atoms with E-state index in [1.54, 1.807) is 18.2 Å². The van der Waals surface area contributed by atoms with Crippen LogP contribution in [0.5, 0.6) is 0 Å². The number of anilines is 2. The molecule has 21 heavy (non-hydrogen) atoms. The minimum atomic E-state index is 0.310. The summed E-state index contributed by atoms with van der Waals surface area (Å²) in [4.78, 5) is 0. The Morgan fingerprint density at radius 1 is 1.05 bits per heavy atom. The van der Waals surface area contributed by atoms with E-state index in [1.807, 2.05) is 31.2 Å². The number of hydrogen-bond acceptors (Lipinski definition) is 4. The quantitative estimate of drug-likeness (QED) is 0.730. The van der Waals surface area contributed by atoms with Crippen molar-refractivity contribution in [3.63, 3.8) is 0 Å². The molecule has 0 fully saturated rings. The molecule has 0 aliphatic carbocycles. The van der Waals surface area contributed by atoms with Gasteiger partial charge in [0.1, 0.15) is 0 Å². The van der Waals surface area contributed by atoms with Gasteiger partial charge in [-0.15, -0.1) is 5.10 Å². The molecular formula is C15H11Cl2N3O. The van der Waals surface area contributed by atoms with E-state index >= 15 is 0 Å². The third-order valence-electron chi connectivity index (χ3n) is 2.97. The van der Waals surface area contributed by atoms with Gasteiger partial charge in [0.25, 0.3) is 5.89 Å². The molecule has 0 atom stereocenters. The van der Waals surface area contributed by atoms with Crippen molar-refractivity contribution >= 4 is 34.9 Å². The van der Waals surface area contributed by atoms with Crippen LogP contribution in [0.15, 0.2) is 46.9 Å². The lowest BCUT2D eigenvalue weighted by Crippen LogP contribution is -1.92. The molecule has 0 amide bonds. The van der Waals surface area contributed by atoms with Crippen molar-refractivity contribution in [2.75, 3.05) is 5.32 Å². The smallest absolute Gasteiger partial charge is 0.320 e. The number of nitrogens with one attached hydrogen (secondary N) is 1. The molecule has 0 aliphatic rings. The topological polar surface area (TPSA) is 51.0 Å². The third-order valence-corrected chi connectivity index (χ3v) is 3.52. The Morgan fingerprint density at radius 2 is 1.86 bits per heavy atom. The van der Waals surface area contributed by atoms with Crippen LogP contribution in [0.2, 0.25) is 10.0 Å². The highest BCUT2D eigenvalue weighted by molar-refractivity contribution is 6.36. The van der Waals surface area contributed by atoms with Gasteiger partial charge in [-0.1, -0.05) is 46.5 Å². The number of nitrogens with zero attached hydrogens (tertiary/aromatic N) is 2. The zero-order valence-electron chi connectivity index (χ0n) is 11.1. The highest BCUT2D eigenvalue weighted by Gasteiger charge is 2.12. The van der Waals surface area contributed by atoms with Gasteiger partial charge in [-0.2, -0.15) is 0 Å². The molecule has 3 aromatic rings. The van der Waals surface area contributed by atoms with Gasteiger partial charge in [0.2, 0.25) is 0 Å². The lowest BCUT2D eigenvalue weighted by molar-refractivity contribution is 0.587. The highest BCUT2D eigenvalue weighted by Crippen LogP contribution is 2.30. The maximum absolute atomic E-state index is 6.13. The Morgan fingerprint density at radius 3 is 2.62 bits per heavy atom. The summed E-state index contributed by atoms with van der Waals surface area (Å²) in [6.07, 6.45) is 0. The van der Waals surface area contributed by atoms with Gasteiger partial charge in [-0.25, -0.2) is 0 Å². The second-order valence-electron chi connectivity index (χ2n) is 4.48. The maximum Gasteiger partial charge on any atom is 0.320 e. The monoisotopic (exact) mass is 319 g/mol. The van der Waals surface area contributed by atoms with Gasteiger partial charge in [0.05, 0.1) is 10.6 Å². The van der Waals surface area contributed by atoms with E-state index in [0.29, 0.717) is 27.5 Å². The maximum atomic E-state index is 6.13. The summed E-state index contributed by atoms with van der Waals surface area (Å²) in [5.74, 6) is 0.341. The largest absolute Gasteiger partial charge is 0.403 e. The fourth-order valence-corrected chi connectivity index (χ4v) is 2.36. The van der Waals surface area contributed by atoms with Crippen LogP contribution in [-0.4, -0.2) is 10.2 Å². The Labute approximate surface area is 131 Å². The fraction of sp³-hybridized carbons (Fsp3) is 0.0667. The van der Waals surface area contributed by atoms with Gasteiger partial charge < -0.3 is 9.73 Å².